The molecule has 4 nitrogen and oxygen atoms in total. The summed E-state index contributed by atoms with van der Waals surface area (Å²) >= 11 is 6.11. The molecule has 1 N–H and O–H groups in total. The van der Waals surface area contributed by atoms with Gasteiger partial charge in [0.05, 0.1) is 10.6 Å². The second kappa shape index (κ2) is 5.44. The summed E-state index contributed by atoms with van der Waals surface area (Å²) < 4.78 is 5.71. The van der Waals surface area contributed by atoms with Crippen molar-refractivity contribution in [1.29, 1.82) is 0 Å². The van der Waals surface area contributed by atoms with Gasteiger partial charge in [0.2, 0.25) is 5.78 Å². The first-order valence-electron chi connectivity index (χ1n) is 7.19. The number of fused-ring (bicyclic) bond motifs is 1. The number of rotatable bonds is 3. The molecule has 0 bridgehead atoms. The van der Waals surface area contributed by atoms with E-state index >= 15 is 0 Å². The fraction of sp³-hybridized carbons (Fsp3) is 0.438. The van der Waals surface area contributed by atoms with E-state index in [-0.39, 0.29) is 5.78 Å². The Morgan fingerprint density at radius 2 is 2.05 bits per heavy atom. The number of hydrogen-bond donors (Lipinski definition) is 1. The highest BCUT2D eigenvalue weighted by Crippen LogP contribution is 2.29. The molecule has 0 unspecified atom stereocenters. The quantitative estimate of drug-likeness (QED) is 0.886. The molecule has 0 aliphatic carbocycles. The van der Waals surface area contributed by atoms with Crippen LogP contribution in [0.25, 0.3) is 11.0 Å². The van der Waals surface area contributed by atoms with Gasteiger partial charge in [0.25, 0.3) is 0 Å². The van der Waals surface area contributed by atoms with Gasteiger partial charge in [-0.15, -0.1) is 0 Å². The topological polar surface area (TPSA) is 45.5 Å². The highest BCUT2D eigenvalue weighted by atomic mass is 35.5. The van der Waals surface area contributed by atoms with Gasteiger partial charge >= 0.3 is 0 Å². The van der Waals surface area contributed by atoms with Crippen LogP contribution >= 0.6 is 11.6 Å². The van der Waals surface area contributed by atoms with Gasteiger partial charge in [-0.25, -0.2) is 0 Å². The first-order chi connectivity index (χ1) is 10.00. The summed E-state index contributed by atoms with van der Waals surface area (Å²) in [5.41, 5.74) is 0.00116. The normalized spacial score (nSPS) is 17.3. The standard InChI is InChI=1S/C16H19ClN2O2/c1-16(2,19-8-6-18-7-9-19)15(20)13-10-11-4-3-5-12(17)14(11)21-13/h3-5,10,18H,6-9H2,1-2H3. The predicted octanol–water partition coefficient (Wildman–Crippen LogP) is 2.95. The Morgan fingerprint density at radius 1 is 1.33 bits per heavy atom. The zero-order valence-corrected chi connectivity index (χ0v) is 13.0. The molecule has 112 valence electrons. The first-order valence-corrected chi connectivity index (χ1v) is 7.56. The smallest absolute Gasteiger partial charge is 0.217 e. The van der Waals surface area contributed by atoms with Crippen LogP contribution in [-0.4, -0.2) is 42.4 Å². The van der Waals surface area contributed by atoms with Crippen molar-refractivity contribution in [3.8, 4) is 0 Å². The number of para-hydroxylation sites is 1. The van der Waals surface area contributed by atoms with E-state index in [0.29, 0.717) is 16.4 Å². The molecule has 0 atom stereocenters. The van der Waals surface area contributed by atoms with Gasteiger partial charge in [-0.2, -0.15) is 0 Å². The number of halogens is 1. The lowest BCUT2D eigenvalue weighted by atomic mass is 9.94. The maximum absolute atomic E-state index is 12.8. The van der Waals surface area contributed by atoms with E-state index in [1.54, 1.807) is 12.1 Å². The van der Waals surface area contributed by atoms with E-state index in [0.717, 1.165) is 31.6 Å². The van der Waals surface area contributed by atoms with Gasteiger partial charge in [0, 0.05) is 31.6 Å². The van der Waals surface area contributed by atoms with Crippen LogP contribution in [0.4, 0.5) is 0 Å². The Morgan fingerprint density at radius 3 is 2.71 bits per heavy atom. The zero-order chi connectivity index (χ0) is 15.0. The van der Waals surface area contributed by atoms with Gasteiger partial charge in [0.15, 0.2) is 11.3 Å². The van der Waals surface area contributed by atoms with Crippen molar-refractivity contribution in [3.05, 3.63) is 35.0 Å². The maximum Gasteiger partial charge on any atom is 0.217 e. The van der Waals surface area contributed by atoms with Crippen LogP contribution in [0.1, 0.15) is 24.4 Å². The molecule has 2 heterocycles. The summed E-state index contributed by atoms with van der Waals surface area (Å²) in [4.78, 5) is 15.0. The van der Waals surface area contributed by atoms with Crippen LogP contribution < -0.4 is 5.32 Å². The molecule has 0 amide bonds. The highest BCUT2D eigenvalue weighted by molar-refractivity contribution is 6.34. The largest absolute Gasteiger partial charge is 0.451 e. The number of furan rings is 1. The van der Waals surface area contributed by atoms with Crippen LogP contribution in [-0.2, 0) is 0 Å². The van der Waals surface area contributed by atoms with Crippen molar-refractivity contribution in [3.63, 3.8) is 0 Å². The van der Waals surface area contributed by atoms with Crippen LogP contribution in [0.5, 0.6) is 0 Å². The van der Waals surface area contributed by atoms with E-state index < -0.39 is 5.54 Å². The number of ketones is 1. The fourth-order valence-electron chi connectivity index (χ4n) is 2.81. The average molecular weight is 307 g/mol. The molecule has 0 saturated carbocycles. The first kappa shape index (κ1) is 14.6. The second-order valence-corrected chi connectivity index (χ2v) is 6.30. The number of benzene rings is 1. The number of nitrogens with one attached hydrogen (secondary N) is 1. The van der Waals surface area contributed by atoms with Crippen molar-refractivity contribution >= 4 is 28.4 Å². The highest BCUT2D eigenvalue weighted by Gasteiger charge is 2.37. The van der Waals surface area contributed by atoms with E-state index in [1.165, 1.54) is 0 Å². The predicted molar refractivity (Wildman–Crippen MR) is 84.1 cm³/mol. The Hall–Kier alpha value is -1.36. The minimum Gasteiger partial charge on any atom is -0.451 e. The molecule has 1 aliphatic heterocycles. The van der Waals surface area contributed by atoms with Crippen molar-refractivity contribution in [2.45, 2.75) is 19.4 Å². The molecule has 1 aromatic heterocycles. The lowest BCUT2D eigenvalue weighted by molar-refractivity contribution is 0.0576. The molecule has 0 spiro atoms. The van der Waals surface area contributed by atoms with Crippen LogP contribution in [0.2, 0.25) is 5.02 Å². The molecular weight excluding hydrogens is 288 g/mol. The lowest BCUT2D eigenvalue weighted by Crippen LogP contribution is -2.57. The summed E-state index contributed by atoms with van der Waals surface area (Å²) in [7, 11) is 0. The molecule has 5 heteroatoms. The van der Waals surface area contributed by atoms with Crippen LogP contribution in [0, 0.1) is 0 Å². The Kier molecular flexibility index (Phi) is 3.78. The molecule has 21 heavy (non-hydrogen) atoms. The van der Waals surface area contributed by atoms with Crippen LogP contribution in [0.3, 0.4) is 0 Å². The van der Waals surface area contributed by atoms with Gasteiger partial charge in [-0.3, -0.25) is 9.69 Å². The number of hydrogen-bond acceptors (Lipinski definition) is 4. The molecule has 1 aromatic carbocycles. The lowest BCUT2D eigenvalue weighted by Gasteiger charge is -2.39. The molecule has 2 aromatic rings. The van der Waals surface area contributed by atoms with Crippen molar-refractivity contribution in [2.75, 3.05) is 26.2 Å². The van der Waals surface area contributed by atoms with E-state index in [4.69, 9.17) is 16.0 Å². The fourth-order valence-corrected chi connectivity index (χ4v) is 3.03. The summed E-state index contributed by atoms with van der Waals surface area (Å²) in [5.74, 6) is 0.373. The van der Waals surface area contributed by atoms with Crippen molar-refractivity contribution < 1.29 is 9.21 Å². The third kappa shape index (κ3) is 2.59. The number of Topliss-reactive ketones (excluding diaryl/α,β-unsaturated/α-hetero) is 1. The number of carbonyl (C=O) groups excluding carboxylic acids is 1. The van der Waals surface area contributed by atoms with E-state index in [9.17, 15) is 4.79 Å². The Bertz CT molecular complexity index is 672. The summed E-state index contributed by atoms with van der Waals surface area (Å²) in [6, 6.07) is 7.31. The third-order valence-electron chi connectivity index (χ3n) is 4.18. The van der Waals surface area contributed by atoms with Crippen LogP contribution in [0.15, 0.2) is 28.7 Å². The SMILES string of the molecule is CC(C)(C(=O)c1cc2cccc(Cl)c2o1)N1CCNCC1. The average Bonchev–Trinajstić information content (AvgIpc) is 2.93. The number of carbonyl (C=O) groups is 1. The van der Waals surface area contributed by atoms with Gasteiger partial charge in [0.1, 0.15) is 0 Å². The molecule has 3 rings (SSSR count). The molecule has 1 aliphatic rings. The summed E-state index contributed by atoms with van der Waals surface area (Å²) in [6.45, 7) is 7.44. The molecule has 1 saturated heterocycles. The Balaban J connectivity index is 1.93. The summed E-state index contributed by atoms with van der Waals surface area (Å²) in [6.07, 6.45) is 0. The number of nitrogens with zero attached hydrogens (tertiary/aromatic N) is 1. The second-order valence-electron chi connectivity index (χ2n) is 5.89. The Labute approximate surface area is 129 Å². The van der Waals surface area contributed by atoms with Crippen molar-refractivity contribution in [1.82, 2.24) is 10.2 Å². The minimum atomic E-state index is -0.581. The minimum absolute atomic E-state index is 0.00309. The van der Waals surface area contributed by atoms with Gasteiger partial charge < -0.3 is 9.73 Å². The number of piperazine rings is 1. The molecule has 0 radical (unpaired) electrons. The molecular formula is C16H19ClN2O2. The van der Waals surface area contributed by atoms with Gasteiger partial charge in [-0.1, -0.05) is 23.7 Å². The van der Waals surface area contributed by atoms with E-state index in [2.05, 4.69) is 10.2 Å². The van der Waals surface area contributed by atoms with Gasteiger partial charge in [-0.05, 0) is 26.0 Å². The maximum atomic E-state index is 12.8. The summed E-state index contributed by atoms with van der Waals surface area (Å²) in [5, 5.41) is 4.70. The third-order valence-corrected chi connectivity index (χ3v) is 4.48. The molecule has 1 fully saturated rings. The van der Waals surface area contributed by atoms with E-state index in [1.807, 2.05) is 26.0 Å². The monoisotopic (exact) mass is 306 g/mol. The van der Waals surface area contributed by atoms with Crippen molar-refractivity contribution in [2.24, 2.45) is 0 Å². The zero-order valence-electron chi connectivity index (χ0n) is 12.3.